The Morgan fingerprint density at radius 3 is 2.62 bits per heavy atom. The Kier molecular flexibility index (Phi) is 6.10. The van der Waals surface area contributed by atoms with Gasteiger partial charge in [0.1, 0.15) is 0 Å². The van der Waals surface area contributed by atoms with Gasteiger partial charge in [-0.3, -0.25) is 14.9 Å². The molecule has 3 N–H and O–H groups in total. The maximum atomic E-state index is 11.0. The molecule has 7 nitrogen and oxygen atoms in total. The maximum Gasteiger partial charge on any atom is 0.310 e. The molecule has 0 aromatic heterocycles. The lowest BCUT2D eigenvalue weighted by Gasteiger charge is -2.12. The lowest BCUT2D eigenvalue weighted by atomic mass is 10.1. The van der Waals surface area contributed by atoms with E-state index in [9.17, 15) is 14.9 Å². The lowest BCUT2D eigenvalue weighted by molar-refractivity contribution is -0.385. The van der Waals surface area contributed by atoms with Crippen molar-refractivity contribution in [2.45, 2.75) is 33.4 Å². The number of benzene rings is 1. The normalized spacial score (nSPS) is 12.2. The summed E-state index contributed by atoms with van der Waals surface area (Å²) >= 11 is 0. The Balaban J connectivity index is 2.88. The van der Waals surface area contributed by atoms with Gasteiger partial charge in [0.25, 0.3) is 0 Å². The van der Waals surface area contributed by atoms with E-state index in [1.807, 2.05) is 13.8 Å². The molecule has 1 rings (SSSR count). The van der Waals surface area contributed by atoms with Crippen LogP contribution in [0, 0.1) is 16.0 Å². The van der Waals surface area contributed by atoms with Crippen LogP contribution in [0.15, 0.2) is 18.2 Å². The molecule has 0 radical (unpaired) electrons. The number of carbonyl (C=O) groups is 1. The zero-order chi connectivity index (χ0) is 16.0. The Morgan fingerprint density at radius 2 is 2.10 bits per heavy atom. The van der Waals surface area contributed by atoms with Gasteiger partial charge in [0, 0.05) is 18.7 Å². The van der Waals surface area contributed by atoms with Crippen molar-refractivity contribution in [3.05, 3.63) is 33.9 Å². The molecule has 7 heteroatoms. The average Bonchev–Trinajstić information content (AvgIpc) is 2.42. The number of hydrogen-bond acceptors (Lipinski definition) is 5. The van der Waals surface area contributed by atoms with Crippen LogP contribution in [0.5, 0.6) is 5.75 Å². The molecule has 0 fully saturated rings. The Labute approximate surface area is 123 Å². The molecule has 1 aromatic rings. The molecule has 1 aromatic carbocycles. The van der Waals surface area contributed by atoms with E-state index in [2.05, 4.69) is 5.32 Å². The summed E-state index contributed by atoms with van der Waals surface area (Å²) in [5.74, 6) is -0.867. The van der Waals surface area contributed by atoms with Crippen LogP contribution in [0.3, 0.4) is 0 Å². The zero-order valence-corrected chi connectivity index (χ0v) is 12.5. The second-order valence-corrected chi connectivity index (χ2v) is 5.21. The van der Waals surface area contributed by atoms with E-state index in [4.69, 9.17) is 10.5 Å². The van der Waals surface area contributed by atoms with E-state index in [1.165, 1.54) is 6.07 Å². The fourth-order valence-corrected chi connectivity index (χ4v) is 1.55. The molecular formula is C14H21N3O4. The monoisotopic (exact) mass is 295 g/mol. The first-order valence-corrected chi connectivity index (χ1v) is 6.74. The van der Waals surface area contributed by atoms with E-state index < -0.39 is 16.7 Å². The molecule has 116 valence electrons. The molecule has 0 bridgehead atoms. The predicted octanol–water partition coefficient (Wildman–Crippen LogP) is 1.59. The molecule has 0 saturated carbocycles. The van der Waals surface area contributed by atoms with Crippen LogP contribution in [0.25, 0.3) is 0 Å². The topological polar surface area (TPSA) is 107 Å². The van der Waals surface area contributed by atoms with E-state index in [1.54, 1.807) is 19.1 Å². The number of nitrogens with two attached hydrogens (primary N) is 1. The van der Waals surface area contributed by atoms with Crippen molar-refractivity contribution < 1.29 is 14.5 Å². The largest absolute Gasteiger partial charge is 0.486 e. The Morgan fingerprint density at radius 1 is 1.43 bits per heavy atom. The number of ether oxygens (including phenoxy) is 1. The minimum Gasteiger partial charge on any atom is -0.486 e. The smallest absolute Gasteiger partial charge is 0.310 e. The van der Waals surface area contributed by atoms with Gasteiger partial charge in [0.05, 0.1) is 17.4 Å². The van der Waals surface area contributed by atoms with Gasteiger partial charge in [0.2, 0.25) is 5.91 Å². The third kappa shape index (κ3) is 5.39. The molecule has 21 heavy (non-hydrogen) atoms. The average molecular weight is 295 g/mol. The van der Waals surface area contributed by atoms with Gasteiger partial charge in [-0.15, -0.1) is 0 Å². The van der Waals surface area contributed by atoms with E-state index >= 15 is 0 Å². The molecule has 0 spiro atoms. The van der Waals surface area contributed by atoms with Crippen LogP contribution in [0.1, 0.15) is 26.3 Å². The van der Waals surface area contributed by atoms with Gasteiger partial charge >= 0.3 is 5.69 Å². The quantitative estimate of drug-likeness (QED) is 0.559. The summed E-state index contributed by atoms with van der Waals surface area (Å²) in [4.78, 5) is 21.5. The molecule has 1 atom stereocenters. The van der Waals surface area contributed by atoms with Crippen LogP contribution in [0.2, 0.25) is 0 Å². The molecule has 0 heterocycles. The number of nitrogens with one attached hydrogen (secondary N) is 1. The summed E-state index contributed by atoms with van der Waals surface area (Å²) in [5, 5.41) is 14.2. The van der Waals surface area contributed by atoms with Crippen LogP contribution < -0.4 is 15.8 Å². The highest BCUT2D eigenvalue weighted by Gasteiger charge is 2.18. The fourth-order valence-electron chi connectivity index (χ4n) is 1.55. The number of rotatable bonds is 8. The lowest BCUT2D eigenvalue weighted by Crippen LogP contribution is -2.26. The number of nitro benzene ring substituents is 1. The second-order valence-electron chi connectivity index (χ2n) is 5.21. The van der Waals surface area contributed by atoms with E-state index in [0.29, 0.717) is 12.6 Å². The number of nitro groups is 1. The van der Waals surface area contributed by atoms with E-state index in [0.717, 1.165) is 5.56 Å². The van der Waals surface area contributed by atoms with Gasteiger partial charge in [-0.05, 0) is 11.6 Å². The molecule has 0 aliphatic carbocycles. The number of primary amides is 1. The SMILES string of the molecule is CC(C)NCc1ccc([N+](=O)[O-])c(OCC(C)C(N)=O)c1. The highest BCUT2D eigenvalue weighted by atomic mass is 16.6. The number of amides is 1. The summed E-state index contributed by atoms with van der Waals surface area (Å²) in [5.41, 5.74) is 5.89. The minimum absolute atomic E-state index is 0.0111. The summed E-state index contributed by atoms with van der Waals surface area (Å²) in [6.07, 6.45) is 0. The first kappa shape index (κ1) is 16.9. The van der Waals surface area contributed by atoms with Crippen molar-refractivity contribution in [2.75, 3.05) is 6.61 Å². The van der Waals surface area contributed by atoms with Crippen molar-refractivity contribution in [2.24, 2.45) is 11.7 Å². The van der Waals surface area contributed by atoms with Gasteiger partial charge in [-0.1, -0.05) is 26.8 Å². The number of carbonyl (C=O) groups excluding carboxylic acids is 1. The van der Waals surface area contributed by atoms with Crippen LogP contribution in [-0.4, -0.2) is 23.5 Å². The van der Waals surface area contributed by atoms with Gasteiger partial charge < -0.3 is 15.8 Å². The van der Waals surface area contributed by atoms with Crippen molar-refractivity contribution >= 4 is 11.6 Å². The van der Waals surface area contributed by atoms with Crippen molar-refractivity contribution in [3.8, 4) is 5.75 Å². The Bertz CT molecular complexity index is 517. The number of nitrogens with zero attached hydrogens (tertiary/aromatic N) is 1. The molecule has 0 aliphatic heterocycles. The third-order valence-corrected chi connectivity index (χ3v) is 2.91. The molecule has 0 saturated heterocycles. The maximum absolute atomic E-state index is 11.0. The highest BCUT2D eigenvalue weighted by molar-refractivity contribution is 5.76. The first-order valence-electron chi connectivity index (χ1n) is 6.74. The molecular weight excluding hydrogens is 274 g/mol. The standard InChI is InChI=1S/C14H21N3O4/c1-9(2)16-7-11-4-5-12(17(19)20)13(6-11)21-8-10(3)14(15)18/h4-6,9-10,16H,7-8H2,1-3H3,(H2,15,18). The van der Waals surface area contributed by atoms with Gasteiger partial charge in [-0.2, -0.15) is 0 Å². The first-order chi connectivity index (χ1) is 9.81. The summed E-state index contributed by atoms with van der Waals surface area (Å²) in [6.45, 7) is 6.22. The summed E-state index contributed by atoms with van der Waals surface area (Å²) < 4.78 is 5.40. The fraction of sp³-hybridized carbons (Fsp3) is 0.500. The van der Waals surface area contributed by atoms with Crippen molar-refractivity contribution in [1.82, 2.24) is 5.32 Å². The van der Waals surface area contributed by atoms with Crippen LogP contribution in [0.4, 0.5) is 5.69 Å². The van der Waals surface area contributed by atoms with E-state index in [-0.39, 0.29) is 18.0 Å². The summed E-state index contributed by atoms with van der Waals surface area (Å²) in [7, 11) is 0. The summed E-state index contributed by atoms with van der Waals surface area (Å²) in [6, 6.07) is 5.00. The second kappa shape index (κ2) is 7.58. The van der Waals surface area contributed by atoms with Gasteiger partial charge in [0.15, 0.2) is 5.75 Å². The van der Waals surface area contributed by atoms with Crippen LogP contribution >= 0.6 is 0 Å². The molecule has 1 amide bonds. The minimum atomic E-state index is -0.512. The number of hydrogen-bond donors (Lipinski definition) is 2. The molecule has 0 aliphatic rings. The zero-order valence-electron chi connectivity index (χ0n) is 12.5. The third-order valence-electron chi connectivity index (χ3n) is 2.91. The van der Waals surface area contributed by atoms with Crippen molar-refractivity contribution in [1.29, 1.82) is 0 Å². The molecule has 1 unspecified atom stereocenters. The van der Waals surface area contributed by atoms with Crippen molar-refractivity contribution in [3.63, 3.8) is 0 Å². The van der Waals surface area contributed by atoms with Gasteiger partial charge in [-0.25, -0.2) is 0 Å². The Hall–Kier alpha value is -2.15. The van der Waals surface area contributed by atoms with Crippen LogP contribution in [-0.2, 0) is 11.3 Å². The predicted molar refractivity (Wildman–Crippen MR) is 78.9 cm³/mol. The highest BCUT2D eigenvalue weighted by Crippen LogP contribution is 2.28.